The third kappa shape index (κ3) is 4.60. The predicted molar refractivity (Wildman–Crippen MR) is 93.1 cm³/mol. The highest BCUT2D eigenvalue weighted by atomic mass is 32.2. The van der Waals surface area contributed by atoms with E-state index in [0.29, 0.717) is 5.13 Å². The maximum atomic E-state index is 11.9. The zero-order valence-corrected chi connectivity index (χ0v) is 15.1. The molecule has 1 amide bonds. The summed E-state index contributed by atoms with van der Waals surface area (Å²) >= 11 is 1.31. The van der Waals surface area contributed by atoms with Crippen LogP contribution in [0.3, 0.4) is 0 Å². The largest absolute Gasteiger partial charge is 0.301 e. The van der Waals surface area contributed by atoms with Crippen LogP contribution in [-0.2, 0) is 14.8 Å². The van der Waals surface area contributed by atoms with Crippen molar-refractivity contribution in [2.45, 2.75) is 13.8 Å². The topological polar surface area (TPSA) is 79.4 Å². The first-order valence-electron chi connectivity index (χ1n) is 6.91. The van der Waals surface area contributed by atoms with Gasteiger partial charge in [0.25, 0.3) is 0 Å². The van der Waals surface area contributed by atoms with Crippen molar-refractivity contribution in [3.05, 3.63) is 34.7 Å². The molecule has 1 N–H and O–H groups in total. The van der Waals surface area contributed by atoms with E-state index in [1.807, 2.05) is 31.4 Å². The molecule has 1 heterocycles. The molecule has 0 atom stereocenters. The van der Waals surface area contributed by atoms with E-state index in [4.69, 9.17) is 0 Å². The zero-order valence-electron chi connectivity index (χ0n) is 13.5. The van der Waals surface area contributed by atoms with E-state index in [0.717, 1.165) is 27.4 Å². The van der Waals surface area contributed by atoms with Crippen LogP contribution < -0.4 is 5.32 Å². The van der Waals surface area contributed by atoms with Crippen molar-refractivity contribution in [1.82, 2.24) is 9.29 Å². The summed E-state index contributed by atoms with van der Waals surface area (Å²) in [4.78, 5) is 16.3. The predicted octanol–water partition coefficient (Wildman–Crippen LogP) is 2.26. The third-order valence-corrected chi connectivity index (χ3v) is 5.36. The Morgan fingerprint density at radius 3 is 2.65 bits per heavy atom. The number of carbonyl (C=O) groups is 1. The first-order valence-corrected chi connectivity index (χ1v) is 9.64. The van der Waals surface area contributed by atoms with Crippen molar-refractivity contribution in [2.75, 3.05) is 25.2 Å². The van der Waals surface area contributed by atoms with Gasteiger partial charge in [0.05, 0.1) is 18.5 Å². The number of hydrogen-bond donors (Lipinski definition) is 1. The monoisotopic (exact) mass is 353 g/mol. The minimum Gasteiger partial charge on any atom is -0.301 e. The standard InChI is InChI=1S/C15H19N3O3S2/c1-10-5-6-12(11(2)7-10)13-9-22-15(16-13)17-14(19)8-18(3)23(4,20)21/h5-7,9H,8H2,1-4H3,(H,16,17,19). The molecule has 0 aliphatic rings. The van der Waals surface area contributed by atoms with Crippen LogP contribution in [0.15, 0.2) is 23.6 Å². The van der Waals surface area contributed by atoms with Crippen LogP contribution in [0.1, 0.15) is 11.1 Å². The Hall–Kier alpha value is -1.77. The van der Waals surface area contributed by atoms with Crippen molar-refractivity contribution in [1.29, 1.82) is 0 Å². The first kappa shape index (κ1) is 17.6. The number of likely N-dealkylation sites (N-methyl/N-ethyl adjacent to an activating group) is 1. The summed E-state index contributed by atoms with van der Waals surface area (Å²) in [7, 11) is -2.02. The fourth-order valence-corrected chi connectivity index (χ4v) is 3.11. The molecule has 0 spiro atoms. The van der Waals surface area contributed by atoms with Gasteiger partial charge in [0.1, 0.15) is 0 Å². The molecule has 0 fully saturated rings. The van der Waals surface area contributed by atoms with Gasteiger partial charge in [-0.25, -0.2) is 13.4 Å². The summed E-state index contributed by atoms with van der Waals surface area (Å²) in [5.74, 6) is -0.417. The average molecular weight is 353 g/mol. The fraction of sp³-hybridized carbons (Fsp3) is 0.333. The molecule has 23 heavy (non-hydrogen) atoms. The molecule has 2 aromatic rings. The second kappa shape index (κ2) is 6.77. The summed E-state index contributed by atoms with van der Waals surface area (Å²) in [6, 6.07) is 6.10. The Bertz CT molecular complexity index is 828. The van der Waals surface area contributed by atoms with Crippen molar-refractivity contribution >= 4 is 32.4 Å². The lowest BCUT2D eigenvalue weighted by Crippen LogP contribution is -2.34. The van der Waals surface area contributed by atoms with Crippen LogP contribution in [-0.4, -0.2) is 43.5 Å². The number of anilines is 1. The van der Waals surface area contributed by atoms with Gasteiger partial charge in [-0.3, -0.25) is 4.79 Å². The third-order valence-electron chi connectivity index (χ3n) is 3.34. The van der Waals surface area contributed by atoms with Crippen molar-refractivity contribution in [3.8, 4) is 11.3 Å². The number of aryl methyl sites for hydroxylation is 2. The van der Waals surface area contributed by atoms with Crippen molar-refractivity contribution in [3.63, 3.8) is 0 Å². The van der Waals surface area contributed by atoms with Gasteiger partial charge in [0.2, 0.25) is 15.9 Å². The number of thiazole rings is 1. The van der Waals surface area contributed by atoms with E-state index < -0.39 is 15.9 Å². The molecule has 0 saturated heterocycles. The lowest BCUT2D eigenvalue weighted by Gasteiger charge is -2.12. The zero-order chi connectivity index (χ0) is 17.2. The van der Waals surface area contributed by atoms with Crippen LogP contribution in [0.25, 0.3) is 11.3 Å². The number of benzene rings is 1. The second-order valence-electron chi connectivity index (χ2n) is 5.42. The normalized spacial score (nSPS) is 11.7. The summed E-state index contributed by atoms with van der Waals surface area (Å²) in [6.07, 6.45) is 1.06. The summed E-state index contributed by atoms with van der Waals surface area (Å²) in [5.41, 5.74) is 4.10. The maximum Gasteiger partial charge on any atom is 0.241 e. The lowest BCUT2D eigenvalue weighted by atomic mass is 10.0. The molecule has 1 aromatic heterocycles. The molecule has 6 nitrogen and oxygen atoms in total. The minimum absolute atomic E-state index is 0.239. The highest BCUT2D eigenvalue weighted by Crippen LogP contribution is 2.27. The SMILES string of the molecule is Cc1ccc(-c2csc(NC(=O)CN(C)S(C)(=O)=O)n2)c(C)c1. The van der Waals surface area contributed by atoms with Gasteiger partial charge in [-0.1, -0.05) is 23.8 Å². The maximum absolute atomic E-state index is 11.9. The molecule has 0 unspecified atom stereocenters. The van der Waals surface area contributed by atoms with E-state index in [9.17, 15) is 13.2 Å². The van der Waals surface area contributed by atoms with Crippen molar-refractivity contribution in [2.24, 2.45) is 0 Å². The first-order chi connectivity index (χ1) is 10.7. The number of rotatable bonds is 5. The Labute approximate surface area is 140 Å². The second-order valence-corrected chi connectivity index (χ2v) is 8.37. The van der Waals surface area contributed by atoms with Gasteiger partial charge < -0.3 is 5.32 Å². The number of amides is 1. The summed E-state index contributed by atoms with van der Waals surface area (Å²) < 4.78 is 23.6. The van der Waals surface area contributed by atoms with Gasteiger partial charge in [-0.15, -0.1) is 11.3 Å². The molecule has 8 heteroatoms. The van der Waals surface area contributed by atoms with Gasteiger partial charge in [0, 0.05) is 18.0 Å². The van der Waals surface area contributed by atoms with E-state index in [1.54, 1.807) is 0 Å². The molecule has 124 valence electrons. The minimum atomic E-state index is -3.38. The molecule has 2 rings (SSSR count). The Morgan fingerprint density at radius 1 is 1.35 bits per heavy atom. The number of sulfonamides is 1. The Kier molecular flexibility index (Phi) is 5.18. The molecule has 0 aliphatic carbocycles. The van der Waals surface area contributed by atoms with Crippen molar-refractivity contribution < 1.29 is 13.2 Å². The number of hydrogen-bond acceptors (Lipinski definition) is 5. The van der Waals surface area contributed by atoms with Gasteiger partial charge in [-0.2, -0.15) is 4.31 Å². The number of aromatic nitrogens is 1. The van der Waals surface area contributed by atoms with Crippen LogP contribution in [0.2, 0.25) is 0 Å². The summed E-state index contributed by atoms with van der Waals surface area (Å²) in [5, 5.41) is 4.95. The average Bonchev–Trinajstić information content (AvgIpc) is 2.85. The number of carbonyl (C=O) groups excluding carboxylic acids is 1. The van der Waals surface area contributed by atoms with E-state index in [1.165, 1.54) is 23.9 Å². The van der Waals surface area contributed by atoms with E-state index >= 15 is 0 Å². The van der Waals surface area contributed by atoms with Gasteiger partial charge >= 0.3 is 0 Å². The van der Waals surface area contributed by atoms with E-state index in [-0.39, 0.29) is 6.54 Å². The van der Waals surface area contributed by atoms with Gasteiger partial charge in [-0.05, 0) is 19.4 Å². The Balaban J connectivity index is 2.09. The number of nitrogens with one attached hydrogen (secondary N) is 1. The highest BCUT2D eigenvalue weighted by Gasteiger charge is 2.16. The molecular formula is C15H19N3O3S2. The van der Waals surface area contributed by atoms with Crippen LogP contribution in [0.5, 0.6) is 0 Å². The van der Waals surface area contributed by atoms with Gasteiger partial charge in [0.15, 0.2) is 5.13 Å². The highest BCUT2D eigenvalue weighted by molar-refractivity contribution is 7.88. The molecule has 0 saturated carbocycles. The lowest BCUT2D eigenvalue weighted by molar-refractivity contribution is -0.116. The molecule has 0 aliphatic heterocycles. The van der Waals surface area contributed by atoms with Crippen LogP contribution in [0.4, 0.5) is 5.13 Å². The molecule has 1 aromatic carbocycles. The molecule has 0 radical (unpaired) electrons. The van der Waals surface area contributed by atoms with E-state index in [2.05, 4.69) is 16.4 Å². The number of nitrogens with zero attached hydrogens (tertiary/aromatic N) is 2. The molecule has 0 bridgehead atoms. The summed E-state index contributed by atoms with van der Waals surface area (Å²) in [6.45, 7) is 3.81. The Morgan fingerprint density at radius 2 is 2.04 bits per heavy atom. The molecular weight excluding hydrogens is 334 g/mol. The van der Waals surface area contributed by atoms with Crippen LogP contribution >= 0.6 is 11.3 Å². The van der Waals surface area contributed by atoms with Crippen LogP contribution in [0, 0.1) is 13.8 Å². The fourth-order valence-electron chi connectivity index (χ4n) is 2.03. The smallest absolute Gasteiger partial charge is 0.241 e. The quantitative estimate of drug-likeness (QED) is 0.894.